The van der Waals surface area contributed by atoms with Crippen molar-refractivity contribution < 1.29 is 4.79 Å². The zero-order valence-corrected chi connectivity index (χ0v) is 11.5. The van der Waals surface area contributed by atoms with Crippen molar-refractivity contribution in [2.75, 3.05) is 5.32 Å². The molecule has 19 heavy (non-hydrogen) atoms. The number of fused-ring (bicyclic) bond motifs is 1. The Hall–Kier alpha value is -1.77. The summed E-state index contributed by atoms with van der Waals surface area (Å²) >= 11 is 0. The van der Waals surface area contributed by atoms with E-state index in [1.165, 1.54) is 6.42 Å². The summed E-state index contributed by atoms with van der Waals surface area (Å²) in [5.74, 6) is 0.188. The van der Waals surface area contributed by atoms with Crippen LogP contribution in [0.3, 0.4) is 0 Å². The number of amides is 1. The third-order valence-corrected chi connectivity index (χ3v) is 4.48. The van der Waals surface area contributed by atoms with Crippen molar-refractivity contribution in [3.63, 3.8) is 0 Å². The average Bonchev–Trinajstić information content (AvgIpc) is 2.67. The molecule has 1 aromatic carbocycles. The van der Waals surface area contributed by atoms with Crippen molar-refractivity contribution in [3.8, 4) is 0 Å². The Kier molecular flexibility index (Phi) is 2.85. The fourth-order valence-corrected chi connectivity index (χ4v) is 2.96. The van der Waals surface area contributed by atoms with Crippen LogP contribution in [0.25, 0.3) is 10.9 Å². The predicted octanol–water partition coefficient (Wildman–Crippen LogP) is 4.00. The fourth-order valence-electron chi connectivity index (χ4n) is 2.96. The van der Waals surface area contributed by atoms with Crippen molar-refractivity contribution in [3.05, 3.63) is 30.0 Å². The molecule has 1 heterocycles. The normalized spacial score (nSPS) is 17.2. The molecule has 1 aliphatic carbocycles. The van der Waals surface area contributed by atoms with E-state index in [4.69, 9.17) is 0 Å². The highest BCUT2D eigenvalue weighted by molar-refractivity contribution is 5.97. The highest BCUT2D eigenvalue weighted by atomic mass is 16.2. The predicted molar refractivity (Wildman–Crippen MR) is 78.2 cm³/mol. The van der Waals surface area contributed by atoms with E-state index in [9.17, 15) is 4.79 Å². The number of aromatic amines is 1. The molecule has 0 aliphatic heterocycles. The quantitative estimate of drug-likeness (QED) is 0.856. The van der Waals surface area contributed by atoms with Gasteiger partial charge in [-0.25, -0.2) is 0 Å². The molecular weight excluding hydrogens is 236 g/mol. The topological polar surface area (TPSA) is 44.9 Å². The van der Waals surface area contributed by atoms with E-state index in [0.717, 1.165) is 41.5 Å². The molecular formula is C16H20N2O. The van der Waals surface area contributed by atoms with Crippen molar-refractivity contribution in [2.24, 2.45) is 5.41 Å². The number of H-pyrrole nitrogens is 1. The molecule has 0 saturated heterocycles. The van der Waals surface area contributed by atoms with Gasteiger partial charge in [-0.1, -0.05) is 13.3 Å². The Balaban J connectivity index is 1.82. The molecule has 100 valence electrons. The van der Waals surface area contributed by atoms with Crippen LogP contribution in [0, 0.1) is 12.3 Å². The molecule has 0 spiro atoms. The van der Waals surface area contributed by atoms with Gasteiger partial charge in [0.1, 0.15) is 0 Å². The molecule has 0 atom stereocenters. The van der Waals surface area contributed by atoms with Crippen LogP contribution < -0.4 is 5.32 Å². The van der Waals surface area contributed by atoms with E-state index in [1.54, 1.807) is 0 Å². The third-order valence-electron chi connectivity index (χ3n) is 4.48. The molecule has 1 fully saturated rings. The standard InChI is InChI=1S/C16H20N2O/c1-3-16(7-4-8-16)15(19)18-13-5-6-14-12(10-13)9-11(2)17-14/h5-6,9-10,17H,3-4,7-8H2,1-2H3,(H,18,19). The second kappa shape index (κ2) is 4.41. The number of benzene rings is 1. The van der Waals surface area contributed by atoms with E-state index in [1.807, 2.05) is 25.1 Å². The van der Waals surface area contributed by atoms with Gasteiger partial charge in [0.2, 0.25) is 5.91 Å². The van der Waals surface area contributed by atoms with E-state index < -0.39 is 0 Å². The van der Waals surface area contributed by atoms with Gasteiger partial charge in [0.05, 0.1) is 0 Å². The molecule has 3 rings (SSSR count). The number of hydrogen-bond donors (Lipinski definition) is 2. The SMILES string of the molecule is CCC1(C(=O)Nc2ccc3[nH]c(C)cc3c2)CCC1. The molecule has 1 aliphatic rings. The maximum atomic E-state index is 12.4. The molecule has 0 unspecified atom stereocenters. The lowest BCUT2D eigenvalue weighted by Gasteiger charge is -2.39. The minimum atomic E-state index is -0.108. The molecule has 1 amide bonds. The summed E-state index contributed by atoms with van der Waals surface area (Å²) in [4.78, 5) is 15.7. The summed E-state index contributed by atoms with van der Waals surface area (Å²) in [6, 6.07) is 8.14. The molecule has 2 aromatic rings. The summed E-state index contributed by atoms with van der Waals surface area (Å²) in [5.41, 5.74) is 3.05. The van der Waals surface area contributed by atoms with Crippen molar-refractivity contribution in [2.45, 2.75) is 39.5 Å². The van der Waals surface area contributed by atoms with Crippen LogP contribution in [-0.4, -0.2) is 10.9 Å². The van der Waals surface area contributed by atoms with Gasteiger partial charge in [-0.2, -0.15) is 0 Å². The van der Waals surface area contributed by atoms with E-state index in [2.05, 4.69) is 23.3 Å². The lowest BCUT2D eigenvalue weighted by Crippen LogP contribution is -2.41. The Labute approximate surface area is 113 Å². The molecule has 2 N–H and O–H groups in total. The first-order chi connectivity index (χ1) is 9.13. The van der Waals surface area contributed by atoms with Gasteiger partial charge in [0.15, 0.2) is 0 Å². The average molecular weight is 256 g/mol. The maximum absolute atomic E-state index is 12.4. The van der Waals surface area contributed by atoms with Crippen molar-refractivity contribution >= 4 is 22.5 Å². The van der Waals surface area contributed by atoms with E-state index in [0.29, 0.717) is 0 Å². The van der Waals surface area contributed by atoms with Gasteiger partial charge in [-0.3, -0.25) is 4.79 Å². The van der Waals surface area contributed by atoms with Gasteiger partial charge in [-0.05, 0) is 50.5 Å². The molecule has 1 saturated carbocycles. The largest absolute Gasteiger partial charge is 0.359 e. The van der Waals surface area contributed by atoms with Crippen LogP contribution in [0.15, 0.2) is 24.3 Å². The van der Waals surface area contributed by atoms with Crippen LogP contribution >= 0.6 is 0 Å². The molecule has 1 aromatic heterocycles. The van der Waals surface area contributed by atoms with Gasteiger partial charge >= 0.3 is 0 Å². The summed E-state index contributed by atoms with van der Waals surface area (Å²) in [6.45, 7) is 4.15. The van der Waals surface area contributed by atoms with Crippen molar-refractivity contribution in [1.82, 2.24) is 4.98 Å². The monoisotopic (exact) mass is 256 g/mol. The minimum absolute atomic E-state index is 0.108. The van der Waals surface area contributed by atoms with E-state index >= 15 is 0 Å². The number of anilines is 1. The first-order valence-electron chi connectivity index (χ1n) is 7.04. The summed E-state index contributed by atoms with van der Waals surface area (Å²) in [5, 5.41) is 4.23. The number of nitrogens with one attached hydrogen (secondary N) is 2. The Bertz CT molecular complexity index is 617. The molecule has 0 bridgehead atoms. The number of aromatic nitrogens is 1. The van der Waals surface area contributed by atoms with Gasteiger partial charge < -0.3 is 10.3 Å². The Morgan fingerprint density at radius 2 is 2.16 bits per heavy atom. The third kappa shape index (κ3) is 2.03. The smallest absolute Gasteiger partial charge is 0.230 e. The first-order valence-corrected chi connectivity index (χ1v) is 7.04. The van der Waals surface area contributed by atoms with E-state index in [-0.39, 0.29) is 11.3 Å². The second-order valence-corrected chi connectivity index (χ2v) is 5.70. The number of hydrogen-bond acceptors (Lipinski definition) is 1. The van der Waals surface area contributed by atoms with Crippen LogP contribution in [0.1, 0.15) is 38.3 Å². The van der Waals surface area contributed by atoms with Crippen molar-refractivity contribution in [1.29, 1.82) is 0 Å². The van der Waals surface area contributed by atoms with Crippen LogP contribution in [-0.2, 0) is 4.79 Å². The first kappa shape index (κ1) is 12.3. The molecule has 0 radical (unpaired) electrons. The Morgan fingerprint density at radius 3 is 2.79 bits per heavy atom. The fraction of sp³-hybridized carbons (Fsp3) is 0.438. The lowest BCUT2D eigenvalue weighted by molar-refractivity contribution is -0.130. The van der Waals surface area contributed by atoms with Gasteiger partial charge in [-0.15, -0.1) is 0 Å². The summed E-state index contributed by atoms with van der Waals surface area (Å²) in [6.07, 6.45) is 4.17. The number of rotatable bonds is 3. The lowest BCUT2D eigenvalue weighted by atomic mass is 9.66. The zero-order valence-electron chi connectivity index (χ0n) is 11.5. The number of carbonyl (C=O) groups is 1. The second-order valence-electron chi connectivity index (χ2n) is 5.70. The highest BCUT2D eigenvalue weighted by Gasteiger charge is 2.42. The summed E-state index contributed by atoms with van der Waals surface area (Å²) in [7, 11) is 0. The van der Waals surface area contributed by atoms with Gasteiger partial charge in [0.25, 0.3) is 0 Å². The van der Waals surface area contributed by atoms with Crippen LogP contribution in [0.4, 0.5) is 5.69 Å². The summed E-state index contributed by atoms with van der Waals surface area (Å²) < 4.78 is 0. The van der Waals surface area contributed by atoms with Crippen LogP contribution in [0.2, 0.25) is 0 Å². The Morgan fingerprint density at radius 1 is 1.37 bits per heavy atom. The van der Waals surface area contributed by atoms with Gasteiger partial charge in [0, 0.05) is 27.7 Å². The zero-order chi connectivity index (χ0) is 13.5. The van der Waals surface area contributed by atoms with Crippen LogP contribution in [0.5, 0.6) is 0 Å². The number of carbonyl (C=O) groups excluding carboxylic acids is 1. The maximum Gasteiger partial charge on any atom is 0.230 e. The number of aryl methyl sites for hydroxylation is 1. The minimum Gasteiger partial charge on any atom is -0.359 e. The highest BCUT2D eigenvalue weighted by Crippen LogP contribution is 2.44. The molecule has 3 heteroatoms. The molecule has 3 nitrogen and oxygen atoms in total.